The van der Waals surface area contributed by atoms with Crippen LogP contribution in [0.4, 0.5) is 0 Å². The van der Waals surface area contributed by atoms with Crippen molar-refractivity contribution in [3.8, 4) is 17.2 Å². The van der Waals surface area contributed by atoms with Crippen molar-refractivity contribution in [2.75, 3.05) is 26.9 Å². The van der Waals surface area contributed by atoms with Crippen LogP contribution in [0.3, 0.4) is 0 Å². The molecule has 0 unspecified atom stereocenters. The number of rotatable bonds is 5. The Kier molecular flexibility index (Phi) is 5.11. The molecule has 1 aliphatic rings. The Morgan fingerprint density at radius 1 is 1.08 bits per heavy atom. The number of esters is 1. The second kappa shape index (κ2) is 7.47. The van der Waals surface area contributed by atoms with Gasteiger partial charge in [0.1, 0.15) is 13.2 Å². The standard InChI is InChI=1S/C20H20O6/c1-12-4-5-13(2)15(8-12)16(21)11-26-20(22)14-9-17(23-3)19-18(10-14)24-6-7-25-19/h4-5,8-10H,6-7,11H2,1-3H3. The average Bonchev–Trinajstić information content (AvgIpc) is 2.66. The first kappa shape index (κ1) is 17.8. The second-order valence-corrected chi connectivity index (χ2v) is 6.02. The number of methoxy groups -OCH3 is 1. The van der Waals surface area contributed by atoms with E-state index in [0.717, 1.165) is 11.1 Å². The Labute approximate surface area is 151 Å². The molecule has 0 saturated carbocycles. The second-order valence-electron chi connectivity index (χ2n) is 6.02. The Balaban J connectivity index is 1.74. The zero-order chi connectivity index (χ0) is 18.7. The van der Waals surface area contributed by atoms with Crippen molar-refractivity contribution in [1.82, 2.24) is 0 Å². The molecule has 0 fully saturated rings. The van der Waals surface area contributed by atoms with Gasteiger partial charge in [-0.3, -0.25) is 4.79 Å². The smallest absolute Gasteiger partial charge is 0.338 e. The van der Waals surface area contributed by atoms with Gasteiger partial charge in [-0.05, 0) is 37.6 Å². The van der Waals surface area contributed by atoms with E-state index in [1.54, 1.807) is 6.07 Å². The number of carbonyl (C=O) groups excluding carboxylic acids is 2. The predicted octanol–water partition coefficient (Wildman–Crippen LogP) is 3.12. The number of fused-ring (bicyclic) bond motifs is 1. The first-order valence-corrected chi connectivity index (χ1v) is 8.25. The lowest BCUT2D eigenvalue weighted by Gasteiger charge is -2.21. The van der Waals surface area contributed by atoms with Crippen molar-refractivity contribution in [3.63, 3.8) is 0 Å². The Morgan fingerprint density at radius 2 is 1.85 bits per heavy atom. The molecule has 26 heavy (non-hydrogen) atoms. The molecule has 0 atom stereocenters. The van der Waals surface area contributed by atoms with Crippen LogP contribution in [0.25, 0.3) is 0 Å². The van der Waals surface area contributed by atoms with Gasteiger partial charge in [-0.15, -0.1) is 0 Å². The largest absolute Gasteiger partial charge is 0.493 e. The molecule has 1 aliphatic heterocycles. The van der Waals surface area contributed by atoms with Gasteiger partial charge in [0.25, 0.3) is 0 Å². The Morgan fingerprint density at radius 3 is 2.62 bits per heavy atom. The molecule has 136 valence electrons. The monoisotopic (exact) mass is 356 g/mol. The zero-order valence-corrected chi connectivity index (χ0v) is 15.0. The SMILES string of the molecule is COc1cc(C(=O)OCC(=O)c2cc(C)ccc2C)cc2c1OCCO2. The number of hydrogen-bond acceptors (Lipinski definition) is 6. The summed E-state index contributed by atoms with van der Waals surface area (Å²) in [5, 5.41) is 0. The van der Waals surface area contributed by atoms with Crippen LogP contribution in [0.2, 0.25) is 0 Å². The van der Waals surface area contributed by atoms with Crippen LogP contribution >= 0.6 is 0 Å². The third kappa shape index (κ3) is 3.64. The number of carbonyl (C=O) groups is 2. The van der Waals surface area contributed by atoms with Crippen LogP contribution in [-0.2, 0) is 4.74 Å². The molecular formula is C20H20O6. The fraction of sp³-hybridized carbons (Fsp3) is 0.300. The van der Waals surface area contributed by atoms with Crippen molar-refractivity contribution in [2.24, 2.45) is 0 Å². The molecule has 2 aromatic rings. The fourth-order valence-corrected chi connectivity index (χ4v) is 2.72. The number of hydrogen-bond donors (Lipinski definition) is 0. The van der Waals surface area contributed by atoms with Crippen molar-refractivity contribution in [2.45, 2.75) is 13.8 Å². The highest BCUT2D eigenvalue weighted by atomic mass is 16.6. The molecule has 0 aromatic heterocycles. The van der Waals surface area contributed by atoms with E-state index in [-0.39, 0.29) is 18.0 Å². The minimum Gasteiger partial charge on any atom is -0.493 e. The topological polar surface area (TPSA) is 71.1 Å². The van der Waals surface area contributed by atoms with Crippen molar-refractivity contribution in [1.29, 1.82) is 0 Å². The lowest BCUT2D eigenvalue weighted by Crippen LogP contribution is -2.18. The van der Waals surface area contributed by atoms with Gasteiger partial charge in [0.15, 0.2) is 18.1 Å². The van der Waals surface area contributed by atoms with E-state index in [4.69, 9.17) is 18.9 Å². The van der Waals surface area contributed by atoms with E-state index in [9.17, 15) is 9.59 Å². The van der Waals surface area contributed by atoms with Crippen LogP contribution in [0.1, 0.15) is 31.8 Å². The normalized spacial score (nSPS) is 12.4. The molecule has 0 spiro atoms. The van der Waals surface area contributed by atoms with Crippen molar-refractivity contribution < 1.29 is 28.5 Å². The van der Waals surface area contributed by atoms with Gasteiger partial charge < -0.3 is 18.9 Å². The lowest BCUT2D eigenvalue weighted by molar-refractivity contribution is 0.0473. The summed E-state index contributed by atoms with van der Waals surface area (Å²) in [5.74, 6) is 0.392. The summed E-state index contributed by atoms with van der Waals surface area (Å²) in [4.78, 5) is 24.7. The van der Waals surface area contributed by atoms with Crippen LogP contribution < -0.4 is 14.2 Å². The molecule has 0 aliphatic carbocycles. The van der Waals surface area contributed by atoms with E-state index >= 15 is 0 Å². The van der Waals surface area contributed by atoms with Crippen molar-refractivity contribution >= 4 is 11.8 Å². The Bertz CT molecular complexity index is 838. The predicted molar refractivity (Wildman–Crippen MR) is 94.5 cm³/mol. The number of Topliss-reactive ketones (excluding diaryl/α,β-unsaturated/α-hetero) is 1. The van der Waals surface area contributed by atoms with E-state index < -0.39 is 5.97 Å². The summed E-state index contributed by atoms with van der Waals surface area (Å²) in [7, 11) is 1.48. The van der Waals surface area contributed by atoms with E-state index in [2.05, 4.69) is 0 Å². The number of ether oxygens (including phenoxy) is 4. The molecule has 0 radical (unpaired) electrons. The van der Waals surface area contributed by atoms with Gasteiger partial charge in [-0.1, -0.05) is 17.7 Å². The van der Waals surface area contributed by atoms with Gasteiger partial charge in [-0.2, -0.15) is 0 Å². The summed E-state index contributed by atoms with van der Waals surface area (Å²) in [6.45, 7) is 4.22. The molecule has 0 bridgehead atoms. The molecule has 3 rings (SSSR count). The van der Waals surface area contributed by atoms with Crippen LogP contribution in [0, 0.1) is 13.8 Å². The first-order chi connectivity index (χ1) is 12.5. The molecule has 6 heteroatoms. The van der Waals surface area contributed by atoms with Gasteiger partial charge in [0.05, 0.1) is 12.7 Å². The highest BCUT2D eigenvalue weighted by Gasteiger charge is 2.22. The highest BCUT2D eigenvalue weighted by Crippen LogP contribution is 2.40. The zero-order valence-electron chi connectivity index (χ0n) is 15.0. The third-order valence-corrected chi connectivity index (χ3v) is 4.09. The molecule has 1 heterocycles. The maximum atomic E-state index is 12.4. The van der Waals surface area contributed by atoms with E-state index in [1.807, 2.05) is 26.0 Å². The van der Waals surface area contributed by atoms with Gasteiger partial charge in [0.2, 0.25) is 11.5 Å². The third-order valence-electron chi connectivity index (χ3n) is 4.09. The van der Waals surface area contributed by atoms with E-state index in [0.29, 0.717) is 36.0 Å². The van der Waals surface area contributed by atoms with Crippen LogP contribution in [-0.4, -0.2) is 38.7 Å². The summed E-state index contributed by atoms with van der Waals surface area (Å²) in [5.41, 5.74) is 2.61. The summed E-state index contributed by atoms with van der Waals surface area (Å²) >= 11 is 0. The molecule has 0 N–H and O–H groups in total. The Hall–Kier alpha value is -3.02. The summed E-state index contributed by atoms with van der Waals surface area (Å²) in [6.07, 6.45) is 0. The minimum absolute atomic E-state index is 0.236. The number of benzene rings is 2. The lowest BCUT2D eigenvalue weighted by atomic mass is 10.0. The fourth-order valence-electron chi connectivity index (χ4n) is 2.72. The summed E-state index contributed by atoms with van der Waals surface area (Å²) < 4.78 is 21.4. The summed E-state index contributed by atoms with van der Waals surface area (Å²) in [6, 6.07) is 8.63. The molecule has 0 saturated heterocycles. The van der Waals surface area contributed by atoms with Gasteiger partial charge in [-0.25, -0.2) is 4.79 Å². The molecule has 6 nitrogen and oxygen atoms in total. The average molecular weight is 356 g/mol. The maximum absolute atomic E-state index is 12.4. The van der Waals surface area contributed by atoms with E-state index in [1.165, 1.54) is 19.2 Å². The maximum Gasteiger partial charge on any atom is 0.338 e. The van der Waals surface area contributed by atoms with Gasteiger partial charge in [0, 0.05) is 5.56 Å². The van der Waals surface area contributed by atoms with Crippen LogP contribution in [0.15, 0.2) is 30.3 Å². The number of ketones is 1. The quantitative estimate of drug-likeness (QED) is 0.605. The minimum atomic E-state index is -0.626. The highest BCUT2D eigenvalue weighted by molar-refractivity contribution is 6.00. The molecule has 2 aromatic carbocycles. The van der Waals surface area contributed by atoms with Crippen molar-refractivity contribution in [3.05, 3.63) is 52.6 Å². The van der Waals surface area contributed by atoms with Crippen LogP contribution in [0.5, 0.6) is 17.2 Å². The number of aryl methyl sites for hydroxylation is 2. The van der Waals surface area contributed by atoms with Gasteiger partial charge >= 0.3 is 5.97 Å². The molecule has 0 amide bonds. The molecular weight excluding hydrogens is 336 g/mol. The first-order valence-electron chi connectivity index (χ1n) is 8.25.